The van der Waals surface area contributed by atoms with Crippen LogP contribution in [0.4, 0.5) is 0 Å². The largest absolute Gasteiger partial charge is 0.365 e. The molecule has 6 heteroatoms. The number of aryl methyl sites for hydroxylation is 1. The van der Waals surface area contributed by atoms with Crippen LogP contribution in [0.1, 0.15) is 13.3 Å². The van der Waals surface area contributed by atoms with Gasteiger partial charge in [-0.1, -0.05) is 23.9 Å². The summed E-state index contributed by atoms with van der Waals surface area (Å²) in [6.45, 7) is 4.98. The predicted octanol–water partition coefficient (Wildman–Crippen LogP) is 0.749. The fourth-order valence-electron chi connectivity index (χ4n) is 1.36. The van der Waals surface area contributed by atoms with Crippen LogP contribution in [0.15, 0.2) is 17.4 Å². The van der Waals surface area contributed by atoms with Gasteiger partial charge in [-0.05, 0) is 6.42 Å². The van der Waals surface area contributed by atoms with E-state index in [1.54, 1.807) is 6.20 Å². The van der Waals surface area contributed by atoms with Crippen molar-refractivity contribution in [3.05, 3.63) is 12.4 Å². The Balaban J connectivity index is 1.60. The third-order valence-electron chi connectivity index (χ3n) is 2.12. The first-order valence-corrected chi connectivity index (χ1v) is 6.01. The molecule has 2 rings (SSSR count). The van der Waals surface area contributed by atoms with Crippen LogP contribution in [-0.2, 0) is 6.54 Å². The standard InChI is InChI=1S/C9H15N5S/c1-8-7-11-9(15-8)10-3-2-5-14-6-4-12-13-14/h4,6,8H,2-3,5,7H2,1H3,(H,10,11). The van der Waals surface area contributed by atoms with Crippen LogP contribution in [0.2, 0.25) is 0 Å². The van der Waals surface area contributed by atoms with Crippen LogP contribution in [0.5, 0.6) is 0 Å². The van der Waals surface area contributed by atoms with Crippen molar-refractivity contribution < 1.29 is 0 Å². The second-order valence-electron chi connectivity index (χ2n) is 3.52. The van der Waals surface area contributed by atoms with Crippen molar-refractivity contribution in [3.8, 4) is 0 Å². The molecule has 0 saturated carbocycles. The van der Waals surface area contributed by atoms with Gasteiger partial charge in [-0.15, -0.1) is 5.10 Å². The molecule has 0 aliphatic carbocycles. The highest BCUT2D eigenvalue weighted by Crippen LogP contribution is 2.18. The number of thioether (sulfide) groups is 1. The zero-order valence-corrected chi connectivity index (χ0v) is 9.57. The molecule has 82 valence electrons. The number of nitrogens with one attached hydrogen (secondary N) is 1. The molecule has 15 heavy (non-hydrogen) atoms. The van der Waals surface area contributed by atoms with E-state index in [0.29, 0.717) is 5.25 Å². The SMILES string of the molecule is CC1CN=C(NCCCn2ccnn2)S1. The average Bonchev–Trinajstić information content (AvgIpc) is 2.84. The van der Waals surface area contributed by atoms with Crippen LogP contribution in [0.25, 0.3) is 0 Å². The van der Waals surface area contributed by atoms with Gasteiger partial charge in [0.25, 0.3) is 0 Å². The van der Waals surface area contributed by atoms with Crippen molar-refractivity contribution in [3.63, 3.8) is 0 Å². The minimum Gasteiger partial charge on any atom is -0.365 e. The molecule has 0 aromatic carbocycles. The molecule has 1 N–H and O–H groups in total. The van der Waals surface area contributed by atoms with E-state index in [1.807, 2.05) is 22.6 Å². The first kappa shape index (κ1) is 10.5. The number of hydrogen-bond acceptors (Lipinski definition) is 5. The van der Waals surface area contributed by atoms with E-state index in [2.05, 4.69) is 27.5 Å². The summed E-state index contributed by atoms with van der Waals surface area (Å²) in [5.41, 5.74) is 0. The molecule has 1 atom stereocenters. The van der Waals surface area contributed by atoms with Crippen molar-refractivity contribution in [1.29, 1.82) is 0 Å². The number of hydrogen-bond donors (Lipinski definition) is 1. The third-order valence-corrected chi connectivity index (χ3v) is 3.17. The van der Waals surface area contributed by atoms with Crippen molar-refractivity contribution in [2.24, 2.45) is 4.99 Å². The maximum Gasteiger partial charge on any atom is 0.156 e. The van der Waals surface area contributed by atoms with E-state index >= 15 is 0 Å². The maximum atomic E-state index is 4.38. The lowest BCUT2D eigenvalue weighted by Crippen LogP contribution is -2.21. The predicted molar refractivity (Wildman–Crippen MR) is 62.0 cm³/mol. The second kappa shape index (κ2) is 5.16. The molecular formula is C9H15N5S. The van der Waals surface area contributed by atoms with E-state index in [1.165, 1.54) is 0 Å². The van der Waals surface area contributed by atoms with Gasteiger partial charge in [0.15, 0.2) is 5.17 Å². The molecule has 0 radical (unpaired) electrons. The van der Waals surface area contributed by atoms with E-state index in [0.717, 1.165) is 31.2 Å². The molecule has 1 aliphatic heterocycles. The van der Waals surface area contributed by atoms with Crippen molar-refractivity contribution >= 4 is 16.9 Å². The molecule has 2 heterocycles. The summed E-state index contributed by atoms with van der Waals surface area (Å²) in [5, 5.41) is 12.7. The van der Waals surface area contributed by atoms with Crippen LogP contribution >= 0.6 is 11.8 Å². The molecule has 0 saturated heterocycles. The molecule has 5 nitrogen and oxygen atoms in total. The van der Waals surface area contributed by atoms with E-state index < -0.39 is 0 Å². The van der Waals surface area contributed by atoms with Gasteiger partial charge in [-0.25, -0.2) is 0 Å². The fraction of sp³-hybridized carbons (Fsp3) is 0.667. The summed E-state index contributed by atoms with van der Waals surface area (Å²) in [7, 11) is 0. The molecule has 1 unspecified atom stereocenters. The van der Waals surface area contributed by atoms with Gasteiger partial charge >= 0.3 is 0 Å². The Labute approximate surface area is 93.3 Å². The zero-order chi connectivity index (χ0) is 10.5. The van der Waals surface area contributed by atoms with Crippen LogP contribution in [-0.4, -0.2) is 38.5 Å². The molecule has 1 aliphatic rings. The summed E-state index contributed by atoms with van der Waals surface area (Å²) >= 11 is 1.82. The quantitative estimate of drug-likeness (QED) is 0.768. The van der Waals surface area contributed by atoms with Crippen LogP contribution in [0, 0.1) is 0 Å². The Morgan fingerprint density at radius 3 is 3.27 bits per heavy atom. The summed E-state index contributed by atoms with van der Waals surface area (Å²) < 4.78 is 1.84. The van der Waals surface area contributed by atoms with E-state index in [4.69, 9.17) is 0 Å². The highest BCUT2D eigenvalue weighted by molar-refractivity contribution is 8.14. The monoisotopic (exact) mass is 225 g/mol. The summed E-state index contributed by atoms with van der Waals surface area (Å²) in [5.74, 6) is 0. The maximum absolute atomic E-state index is 4.38. The number of nitrogens with zero attached hydrogens (tertiary/aromatic N) is 4. The Kier molecular flexibility index (Phi) is 3.60. The Morgan fingerprint density at radius 1 is 1.67 bits per heavy atom. The smallest absolute Gasteiger partial charge is 0.156 e. The van der Waals surface area contributed by atoms with Gasteiger partial charge < -0.3 is 5.32 Å². The summed E-state index contributed by atoms with van der Waals surface area (Å²) in [6, 6.07) is 0. The number of rotatable bonds is 4. The first-order valence-electron chi connectivity index (χ1n) is 5.13. The van der Waals surface area contributed by atoms with Gasteiger partial charge in [-0.3, -0.25) is 9.67 Å². The molecule has 0 bridgehead atoms. The second-order valence-corrected chi connectivity index (χ2v) is 4.95. The summed E-state index contributed by atoms with van der Waals surface area (Å²) in [6.07, 6.45) is 4.62. The molecule has 0 spiro atoms. The minimum atomic E-state index is 0.628. The third kappa shape index (κ3) is 3.23. The number of aliphatic imine (C=N–C) groups is 1. The van der Waals surface area contributed by atoms with Gasteiger partial charge in [0.2, 0.25) is 0 Å². The topological polar surface area (TPSA) is 55.1 Å². The first-order chi connectivity index (χ1) is 7.34. The fourth-order valence-corrected chi connectivity index (χ4v) is 2.23. The van der Waals surface area contributed by atoms with Crippen molar-refractivity contribution in [1.82, 2.24) is 20.3 Å². The van der Waals surface area contributed by atoms with Gasteiger partial charge in [0, 0.05) is 24.5 Å². The lowest BCUT2D eigenvalue weighted by molar-refractivity contribution is 0.555. The van der Waals surface area contributed by atoms with E-state index in [-0.39, 0.29) is 0 Å². The highest BCUT2D eigenvalue weighted by Gasteiger charge is 2.13. The van der Waals surface area contributed by atoms with Crippen molar-refractivity contribution in [2.45, 2.75) is 25.1 Å². The molecular weight excluding hydrogens is 210 g/mol. The zero-order valence-electron chi connectivity index (χ0n) is 8.76. The van der Waals surface area contributed by atoms with Gasteiger partial charge in [0.05, 0.1) is 12.7 Å². The van der Waals surface area contributed by atoms with Gasteiger partial charge in [-0.2, -0.15) is 0 Å². The summed E-state index contributed by atoms with van der Waals surface area (Å²) in [4.78, 5) is 4.38. The normalized spacial score (nSPS) is 20.3. The van der Waals surface area contributed by atoms with Crippen LogP contribution < -0.4 is 5.32 Å². The Morgan fingerprint density at radius 2 is 2.60 bits per heavy atom. The Hall–Kier alpha value is -1.04. The van der Waals surface area contributed by atoms with Crippen LogP contribution in [0.3, 0.4) is 0 Å². The van der Waals surface area contributed by atoms with E-state index in [9.17, 15) is 0 Å². The number of aromatic nitrogens is 3. The molecule has 1 aromatic rings. The highest BCUT2D eigenvalue weighted by atomic mass is 32.2. The van der Waals surface area contributed by atoms with Gasteiger partial charge in [0.1, 0.15) is 0 Å². The Bertz CT molecular complexity index is 321. The van der Waals surface area contributed by atoms with Crippen molar-refractivity contribution in [2.75, 3.05) is 13.1 Å². The minimum absolute atomic E-state index is 0.628. The number of amidine groups is 1. The molecule has 1 aromatic heterocycles. The molecule has 0 amide bonds. The average molecular weight is 225 g/mol. The lowest BCUT2D eigenvalue weighted by Gasteiger charge is -2.05. The molecule has 0 fully saturated rings. The lowest BCUT2D eigenvalue weighted by atomic mass is 10.4.